The second-order valence-corrected chi connectivity index (χ2v) is 15.4. The molecule has 1 aliphatic rings. The zero-order valence-corrected chi connectivity index (χ0v) is 33.7. The zero-order valence-electron chi connectivity index (χ0n) is 33.7. The van der Waals surface area contributed by atoms with Crippen molar-refractivity contribution in [2.24, 2.45) is 29.6 Å². The van der Waals surface area contributed by atoms with E-state index in [1.54, 1.807) is 34.8 Å². The minimum absolute atomic E-state index is 0.0431. The number of hydrogen-bond donors (Lipinski definition) is 4. The van der Waals surface area contributed by atoms with Crippen molar-refractivity contribution in [1.29, 1.82) is 0 Å². The van der Waals surface area contributed by atoms with Crippen LogP contribution in [0.1, 0.15) is 92.6 Å². The summed E-state index contributed by atoms with van der Waals surface area (Å²) < 4.78 is 5.84. The maximum absolute atomic E-state index is 13.9. The molecule has 1 aromatic carbocycles. The lowest BCUT2D eigenvalue weighted by atomic mass is 9.85. The van der Waals surface area contributed by atoms with Gasteiger partial charge < -0.3 is 50.7 Å². The van der Waals surface area contributed by atoms with Crippen molar-refractivity contribution in [3.8, 4) is 0 Å². The van der Waals surface area contributed by atoms with Gasteiger partial charge in [0.25, 0.3) is 0 Å². The lowest BCUT2D eigenvalue weighted by Crippen LogP contribution is -2.60. The Kier molecular flexibility index (Phi) is 18.8. The van der Waals surface area contributed by atoms with Crippen molar-refractivity contribution in [1.82, 2.24) is 26.2 Å². The van der Waals surface area contributed by atoms with Crippen LogP contribution in [0.5, 0.6) is 0 Å². The van der Waals surface area contributed by atoms with Gasteiger partial charge in [0.2, 0.25) is 29.5 Å². The van der Waals surface area contributed by atoms with Crippen LogP contribution in [-0.2, 0) is 44.7 Å². The minimum atomic E-state index is -1.81. The van der Waals surface area contributed by atoms with E-state index < -0.39 is 95.9 Å². The Balaban J connectivity index is 2.44. The van der Waals surface area contributed by atoms with Gasteiger partial charge in [0.1, 0.15) is 12.1 Å². The Bertz CT molecular complexity index is 1470. The van der Waals surface area contributed by atoms with E-state index in [0.717, 1.165) is 23.3 Å². The molecule has 1 unspecified atom stereocenters. The number of hydrogen-bond acceptors (Lipinski definition) is 10. The number of nitrogens with zero attached hydrogens (tertiary/aromatic N) is 1. The Labute approximate surface area is 325 Å². The summed E-state index contributed by atoms with van der Waals surface area (Å²) in [5.74, 6) is -9.61. The number of aliphatic carboxylic acids is 2. The molecule has 10 atom stereocenters. The largest absolute Gasteiger partial charge is 0.548 e. The second kappa shape index (κ2) is 22.1. The summed E-state index contributed by atoms with van der Waals surface area (Å²) in [5.41, 5.74) is 1.15. The first-order valence-corrected chi connectivity index (χ1v) is 19.3. The molecule has 0 aliphatic carbocycles. The molecule has 2 rings (SSSR count). The Morgan fingerprint density at radius 3 is 2.02 bits per heavy atom. The van der Waals surface area contributed by atoms with Crippen molar-refractivity contribution in [3.63, 3.8) is 0 Å². The molecule has 1 fully saturated rings. The number of nitrogens with one attached hydrogen (secondary N) is 4. The molecule has 1 aliphatic heterocycles. The van der Waals surface area contributed by atoms with Gasteiger partial charge in [-0.3, -0.25) is 24.0 Å². The van der Waals surface area contributed by atoms with Crippen LogP contribution < -0.4 is 31.5 Å². The summed E-state index contributed by atoms with van der Waals surface area (Å²) in [6.45, 7) is 12.0. The fourth-order valence-electron chi connectivity index (χ4n) is 7.05. The van der Waals surface area contributed by atoms with Gasteiger partial charge in [-0.2, -0.15) is 0 Å². The molecule has 15 heteroatoms. The lowest BCUT2D eigenvalue weighted by molar-refractivity contribution is -0.310. The zero-order chi connectivity index (χ0) is 41.6. The molecule has 55 heavy (non-hydrogen) atoms. The number of carbonyl (C=O) groups is 7. The van der Waals surface area contributed by atoms with Crippen molar-refractivity contribution >= 4 is 41.5 Å². The highest BCUT2D eigenvalue weighted by molar-refractivity contribution is 5.95. The predicted octanol–water partition coefficient (Wildman–Crippen LogP) is 0.0846. The lowest BCUT2D eigenvalue weighted by Gasteiger charge is -2.32. The van der Waals surface area contributed by atoms with Gasteiger partial charge in [-0.25, -0.2) is 0 Å². The highest BCUT2D eigenvalue weighted by Crippen LogP contribution is 2.25. The highest BCUT2D eigenvalue weighted by Gasteiger charge is 2.36. The molecule has 1 saturated heterocycles. The number of amides is 5. The molecule has 308 valence electrons. The van der Waals surface area contributed by atoms with E-state index in [2.05, 4.69) is 35.1 Å². The number of methoxy groups -OCH3 is 1. The summed E-state index contributed by atoms with van der Waals surface area (Å²) in [6.07, 6.45) is 1.66. The molecule has 4 N–H and O–H groups in total. The van der Waals surface area contributed by atoms with Crippen molar-refractivity contribution in [2.45, 2.75) is 130 Å². The minimum Gasteiger partial charge on any atom is -0.548 e. The molecular weight excluding hydrogens is 710 g/mol. The monoisotopic (exact) mass is 771 g/mol. The Morgan fingerprint density at radius 1 is 0.855 bits per heavy atom. The molecule has 15 nitrogen and oxygen atoms in total. The van der Waals surface area contributed by atoms with E-state index >= 15 is 0 Å². The quantitative estimate of drug-likeness (QED) is 0.211. The maximum atomic E-state index is 13.9. The van der Waals surface area contributed by atoms with E-state index in [1.165, 1.54) is 14.0 Å². The second-order valence-electron chi connectivity index (χ2n) is 15.4. The summed E-state index contributed by atoms with van der Waals surface area (Å²) in [5, 5.41) is 34.6. The van der Waals surface area contributed by atoms with Crippen LogP contribution in [0.2, 0.25) is 0 Å². The average molecular weight is 772 g/mol. The number of ether oxygens (including phenoxy) is 1. The molecule has 1 heterocycles. The van der Waals surface area contributed by atoms with E-state index in [0.29, 0.717) is 12.8 Å². The first kappa shape index (κ1) is 46.6. The summed E-state index contributed by atoms with van der Waals surface area (Å²) in [7, 11) is 3.00. The van der Waals surface area contributed by atoms with Gasteiger partial charge in [0.05, 0.1) is 42.0 Å². The van der Waals surface area contributed by atoms with Gasteiger partial charge in [0.15, 0.2) is 0 Å². The van der Waals surface area contributed by atoms with E-state index in [9.17, 15) is 43.8 Å². The molecule has 0 saturated carbocycles. The summed E-state index contributed by atoms with van der Waals surface area (Å²) in [6, 6.07) is 3.47. The number of benzene rings is 1. The maximum Gasteiger partial charge on any atom is 0.243 e. The van der Waals surface area contributed by atoms with Crippen LogP contribution in [0.3, 0.4) is 0 Å². The third-order valence-electron chi connectivity index (χ3n) is 10.8. The highest BCUT2D eigenvalue weighted by atomic mass is 16.5. The smallest absolute Gasteiger partial charge is 0.243 e. The molecule has 0 aromatic heterocycles. The fraction of sp³-hybridized carbons (Fsp3) is 0.675. The first-order chi connectivity index (χ1) is 25.8. The van der Waals surface area contributed by atoms with Crippen LogP contribution in [0, 0.1) is 29.6 Å². The SMILES string of the molecule is CC[C@H]1C(=O)N[C@@H](C(=O)[O-])[C@H](C)C(=O)N[C@@H](C(C)C)C(=O)N[C@@H](CCC(C)C[C@H](C)[C@H](Cc2ccccc2)OC)[C@H](C)C(=O)N[C@@H](C(=O)[O-])CCC(=O)N1C. The first-order valence-electron chi connectivity index (χ1n) is 19.3. The topological polar surface area (TPSA) is 226 Å². The molecule has 0 radical (unpaired) electrons. The molecule has 0 spiro atoms. The van der Waals surface area contributed by atoms with E-state index in [-0.39, 0.29) is 30.8 Å². The number of rotatable bonds is 13. The van der Waals surface area contributed by atoms with E-state index in [4.69, 9.17) is 4.74 Å². The number of carbonyl (C=O) groups excluding carboxylic acids is 7. The number of likely N-dealkylation sites (N-methyl/N-ethyl adjacent to an activating group) is 1. The Morgan fingerprint density at radius 2 is 1.47 bits per heavy atom. The van der Waals surface area contributed by atoms with Crippen molar-refractivity contribution in [3.05, 3.63) is 35.9 Å². The normalized spacial score (nSPS) is 27.0. The summed E-state index contributed by atoms with van der Waals surface area (Å²) in [4.78, 5) is 92.9. The molecule has 1 aromatic rings. The third-order valence-corrected chi connectivity index (χ3v) is 10.8. The van der Waals surface area contributed by atoms with Crippen LogP contribution in [-0.4, -0.2) is 96.8 Å². The van der Waals surface area contributed by atoms with Gasteiger partial charge >= 0.3 is 0 Å². The van der Waals surface area contributed by atoms with Gasteiger partial charge in [0, 0.05) is 26.6 Å². The third kappa shape index (κ3) is 13.9. The average Bonchev–Trinajstić information content (AvgIpc) is 3.13. The molecule has 0 bridgehead atoms. The van der Waals surface area contributed by atoms with Gasteiger partial charge in [-0.05, 0) is 61.8 Å². The number of carboxylic acid groups (broad SMARTS) is 2. The number of carboxylic acids is 2. The van der Waals surface area contributed by atoms with Gasteiger partial charge in [-0.15, -0.1) is 0 Å². The molecule has 5 amide bonds. The molecular formula is C40H61N5O10-2. The van der Waals surface area contributed by atoms with Gasteiger partial charge in [-0.1, -0.05) is 78.8 Å². The van der Waals surface area contributed by atoms with E-state index in [1.807, 2.05) is 30.3 Å². The van der Waals surface area contributed by atoms with Crippen LogP contribution in [0.4, 0.5) is 0 Å². The van der Waals surface area contributed by atoms with Crippen molar-refractivity contribution in [2.75, 3.05) is 14.2 Å². The van der Waals surface area contributed by atoms with Crippen LogP contribution >= 0.6 is 0 Å². The van der Waals surface area contributed by atoms with Crippen LogP contribution in [0.15, 0.2) is 30.3 Å². The predicted molar refractivity (Wildman–Crippen MR) is 200 cm³/mol. The standard InChI is InChI=1S/C40H63N5O10/c1-10-30-37(49)44-34(40(53)54)26(7)36(48)43-33(22(2)3)38(50)41-28(25(6)35(47)42-29(39(51)52)18-19-32(46)45(30)8)17-16-23(4)20-24(5)31(55-9)21-27-14-12-11-13-15-27/h11-15,22-26,28-31,33-34H,10,16-21H2,1-9H3,(H,41,50)(H,42,47)(H,43,48)(H,44,49)(H,51,52)(H,53,54)/p-2/t23?,24-,25-,26-,28-,29+,30-,31-,33-,34+/m0/s1. The van der Waals surface area contributed by atoms with Crippen LogP contribution in [0.25, 0.3) is 0 Å². The summed E-state index contributed by atoms with van der Waals surface area (Å²) >= 11 is 0. The van der Waals surface area contributed by atoms with Crippen molar-refractivity contribution < 1.29 is 48.5 Å². The fourth-order valence-corrected chi connectivity index (χ4v) is 7.05. The Hall–Kier alpha value is -4.53.